The molecule has 2 amide bonds. The van der Waals surface area contributed by atoms with Gasteiger partial charge in [-0.3, -0.25) is 14.5 Å². The van der Waals surface area contributed by atoms with E-state index < -0.39 is 0 Å². The number of nitrogens with zero attached hydrogens (tertiary/aromatic N) is 1. The number of hydrogen-bond acceptors (Lipinski definition) is 4. The number of piperidine rings is 1. The minimum atomic E-state index is -0.304. The van der Waals surface area contributed by atoms with E-state index in [1.165, 1.54) is 10.9 Å². The van der Waals surface area contributed by atoms with E-state index in [4.69, 9.17) is 0 Å². The second-order valence-corrected chi connectivity index (χ2v) is 10.3. The highest BCUT2D eigenvalue weighted by molar-refractivity contribution is 5.91. The standard InChI is InChI=1S/C31H40N4O3/c1-23(37)12-4-2-7-17-28(35-21-11-10-18-29(35)33-22-36)31(38)32-20-19-26-25-15-8-9-16-27(25)34-30(26)24-13-5-3-6-14-24/h3,5-6,8-9,13-16,22,28-29,34H,2,4,7,10-12,17-21H2,1H3,(H,32,38)(H,33,36)/t28-,29+/m0/s1. The predicted octanol–water partition coefficient (Wildman–Crippen LogP) is 4.96. The number of aromatic nitrogens is 1. The number of carbonyl (C=O) groups excluding carboxylic acids is 3. The first-order valence-electron chi connectivity index (χ1n) is 14.0. The average molecular weight is 517 g/mol. The van der Waals surface area contributed by atoms with Gasteiger partial charge >= 0.3 is 0 Å². The number of amides is 2. The maximum atomic E-state index is 13.6. The maximum absolute atomic E-state index is 13.6. The van der Waals surface area contributed by atoms with Crippen molar-refractivity contribution >= 4 is 29.0 Å². The Morgan fingerprint density at radius 1 is 1.05 bits per heavy atom. The van der Waals surface area contributed by atoms with Gasteiger partial charge < -0.3 is 20.4 Å². The fourth-order valence-electron chi connectivity index (χ4n) is 5.66. The van der Waals surface area contributed by atoms with Crippen LogP contribution in [0, 0.1) is 0 Å². The summed E-state index contributed by atoms with van der Waals surface area (Å²) in [5.41, 5.74) is 4.51. The molecule has 3 aromatic rings. The van der Waals surface area contributed by atoms with E-state index in [1.54, 1.807) is 6.92 Å². The molecule has 7 nitrogen and oxygen atoms in total. The van der Waals surface area contributed by atoms with Crippen molar-refractivity contribution in [3.05, 3.63) is 60.2 Å². The lowest BCUT2D eigenvalue weighted by Crippen LogP contribution is -2.57. The Morgan fingerprint density at radius 2 is 1.84 bits per heavy atom. The summed E-state index contributed by atoms with van der Waals surface area (Å²) >= 11 is 0. The first-order chi connectivity index (χ1) is 18.6. The molecule has 0 unspecified atom stereocenters. The minimum absolute atomic E-state index is 0.0114. The van der Waals surface area contributed by atoms with Crippen LogP contribution in [0.15, 0.2) is 54.6 Å². The smallest absolute Gasteiger partial charge is 0.237 e. The Labute approximate surface area is 225 Å². The molecule has 0 aliphatic carbocycles. The van der Waals surface area contributed by atoms with Crippen molar-refractivity contribution in [3.8, 4) is 11.3 Å². The molecule has 1 fully saturated rings. The highest BCUT2D eigenvalue weighted by Crippen LogP contribution is 2.30. The number of hydrogen-bond donors (Lipinski definition) is 3. The number of likely N-dealkylation sites (tertiary alicyclic amines) is 1. The molecule has 4 rings (SSSR count). The zero-order chi connectivity index (χ0) is 26.7. The van der Waals surface area contributed by atoms with E-state index >= 15 is 0 Å². The molecular weight excluding hydrogens is 476 g/mol. The molecule has 1 aromatic heterocycles. The highest BCUT2D eigenvalue weighted by Gasteiger charge is 2.32. The molecule has 3 N–H and O–H groups in total. The molecule has 0 saturated carbocycles. The molecule has 1 saturated heterocycles. The normalized spacial score (nSPS) is 16.7. The van der Waals surface area contributed by atoms with Gasteiger partial charge in [-0.1, -0.05) is 61.4 Å². The summed E-state index contributed by atoms with van der Waals surface area (Å²) in [4.78, 5) is 41.9. The summed E-state index contributed by atoms with van der Waals surface area (Å²) in [5.74, 6) is 0.218. The molecule has 2 heterocycles. The summed E-state index contributed by atoms with van der Waals surface area (Å²) < 4.78 is 0. The van der Waals surface area contributed by atoms with Crippen molar-refractivity contribution in [1.82, 2.24) is 20.5 Å². The predicted molar refractivity (Wildman–Crippen MR) is 152 cm³/mol. The molecule has 202 valence electrons. The molecule has 0 bridgehead atoms. The van der Waals surface area contributed by atoms with Crippen LogP contribution >= 0.6 is 0 Å². The summed E-state index contributed by atoms with van der Waals surface area (Å²) in [6.45, 7) is 2.94. The third-order valence-electron chi connectivity index (χ3n) is 7.56. The third kappa shape index (κ3) is 7.10. The van der Waals surface area contributed by atoms with Crippen LogP contribution in [0.2, 0.25) is 0 Å². The van der Waals surface area contributed by atoms with Gasteiger partial charge in [-0.05, 0) is 62.6 Å². The van der Waals surface area contributed by atoms with Crippen molar-refractivity contribution in [2.24, 2.45) is 0 Å². The zero-order valence-electron chi connectivity index (χ0n) is 22.4. The Bertz CT molecular complexity index is 1210. The van der Waals surface area contributed by atoms with E-state index in [9.17, 15) is 14.4 Å². The van der Waals surface area contributed by atoms with Crippen molar-refractivity contribution in [3.63, 3.8) is 0 Å². The Kier molecular flexibility index (Phi) is 10.1. The van der Waals surface area contributed by atoms with Crippen LogP contribution in [0.5, 0.6) is 0 Å². The van der Waals surface area contributed by atoms with E-state index in [0.29, 0.717) is 25.8 Å². The van der Waals surface area contributed by atoms with Gasteiger partial charge in [-0.2, -0.15) is 0 Å². The van der Waals surface area contributed by atoms with Crippen LogP contribution in [-0.4, -0.2) is 53.3 Å². The van der Waals surface area contributed by atoms with Crippen LogP contribution in [0.3, 0.4) is 0 Å². The Balaban J connectivity index is 1.46. The van der Waals surface area contributed by atoms with Gasteiger partial charge in [0.1, 0.15) is 5.78 Å². The molecule has 2 aromatic carbocycles. The highest BCUT2D eigenvalue weighted by atomic mass is 16.2. The van der Waals surface area contributed by atoms with E-state index in [1.807, 2.05) is 30.3 Å². The van der Waals surface area contributed by atoms with Crippen molar-refractivity contribution < 1.29 is 14.4 Å². The Hall–Kier alpha value is -3.45. The summed E-state index contributed by atoms with van der Waals surface area (Å²) in [6, 6.07) is 18.3. The molecule has 38 heavy (non-hydrogen) atoms. The molecule has 1 aliphatic heterocycles. The first kappa shape index (κ1) is 27.6. The lowest BCUT2D eigenvalue weighted by atomic mass is 9.99. The largest absolute Gasteiger partial charge is 0.354 e. The van der Waals surface area contributed by atoms with Gasteiger partial charge in [-0.25, -0.2) is 0 Å². The maximum Gasteiger partial charge on any atom is 0.237 e. The minimum Gasteiger partial charge on any atom is -0.354 e. The van der Waals surface area contributed by atoms with Gasteiger partial charge in [-0.15, -0.1) is 0 Å². The first-order valence-corrected chi connectivity index (χ1v) is 14.0. The number of H-pyrrole nitrogens is 1. The van der Waals surface area contributed by atoms with Gasteiger partial charge in [0.15, 0.2) is 0 Å². The van der Waals surface area contributed by atoms with E-state index in [2.05, 4.69) is 44.8 Å². The quantitative estimate of drug-likeness (QED) is 0.209. The molecule has 7 heteroatoms. The number of ketones is 1. The van der Waals surface area contributed by atoms with E-state index in [0.717, 1.165) is 68.3 Å². The molecule has 0 spiro atoms. The molecular formula is C31H40N4O3. The van der Waals surface area contributed by atoms with Crippen LogP contribution < -0.4 is 10.6 Å². The number of nitrogens with one attached hydrogen (secondary N) is 3. The lowest BCUT2D eigenvalue weighted by molar-refractivity contribution is -0.130. The molecule has 0 radical (unpaired) electrons. The number of para-hydroxylation sites is 1. The fraction of sp³-hybridized carbons (Fsp3) is 0.452. The van der Waals surface area contributed by atoms with Crippen LogP contribution in [0.4, 0.5) is 0 Å². The zero-order valence-corrected chi connectivity index (χ0v) is 22.4. The number of fused-ring (bicyclic) bond motifs is 1. The third-order valence-corrected chi connectivity index (χ3v) is 7.56. The number of carbonyl (C=O) groups is 3. The number of benzene rings is 2. The second kappa shape index (κ2) is 13.9. The van der Waals surface area contributed by atoms with Crippen LogP contribution in [-0.2, 0) is 20.8 Å². The number of unbranched alkanes of at least 4 members (excludes halogenated alkanes) is 2. The topological polar surface area (TPSA) is 94.3 Å². The van der Waals surface area contributed by atoms with Gasteiger partial charge in [0.05, 0.1) is 12.2 Å². The van der Waals surface area contributed by atoms with Crippen LogP contribution in [0.1, 0.15) is 63.9 Å². The Morgan fingerprint density at radius 3 is 2.63 bits per heavy atom. The summed E-state index contributed by atoms with van der Waals surface area (Å²) in [7, 11) is 0. The summed E-state index contributed by atoms with van der Waals surface area (Å²) in [6.07, 6.45) is 8.17. The molecule has 2 atom stereocenters. The molecule has 1 aliphatic rings. The van der Waals surface area contributed by atoms with Crippen LogP contribution in [0.25, 0.3) is 22.2 Å². The summed E-state index contributed by atoms with van der Waals surface area (Å²) in [5, 5.41) is 7.32. The lowest BCUT2D eigenvalue weighted by Gasteiger charge is -2.40. The fourth-order valence-corrected chi connectivity index (χ4v) is 5.66. The van der Waals surface area contributed by atoms with E-state index in [-0.39, 0.29) is 23.9 Å². The number of aromatic amines is 1. The SMILES string of the molecule is CC(=O)CCCCC[C@@H](C(=O)NCCc1c(-c2ccccc2)[nH]c2ccccc12)N1CCCC[C@@H]1NC=O. The van der Waals surface area contributed by atoms with Crippen molar-refractivity contribution in [2.45, 2.75) is 76.9 Å². The monoisotopic (exact) mass is 516 g/mol. The van der Waals surface area contributed by atoms with Crippen molar-refractivity contribution in [2.75, 3.05) is 13.1 Å². The van der Waals surface area contributed by atoms with Gasteiger partial charge in [0.25, 0.3) is 0 Å². The second-order valence-electron chi connectivity index (χ2n) is 10.3. The van der Waals surface area contributed by atoms with Gasteiger partial charge in [0, 0.05) is 36.1 Å². The number of rotatable bonds is 14. The van der Waals surface area contributed by atoms with Gasteiger partial charge in [0.2, 0.25) is 12.3 Å². The van der Waals surface area contributed by atoms with Crippen molar-refractivity contribution in [1.29, 1.82) is 0 Å². The average Bonchev–Trinajstić information content (AvgIpc) is 3.30. The number of Topliss-reactive ketones (excluding diaryl/α,β-unsaturated/α-hetero) is 1.